The fourth-order valence-corrected chi connectivity index (χ4v) is 1.25. The number of aromatic nitrogens is 2. The Balaban J connectivity index is 2.82. The maximum Gasteiger partial charge on any atom is 0.256 e. The van der Waals surface area contributed by atoms with Crippen LogP contribution in [0.1, 0.15) is 31.3 Å². The Hall–Kier alpha value is -1.20. The van der Waals surface area contributed by atoms with Crippen molar-refractivity contribution >= 4 is 0 Å². The lowest BCUT2D eigenvalue weighted by Gasteiger charge is -2.16. The minimum atomic E-state index is -0.371. The molecule has 0 radical (unpaired) electrons. The number of ether oxygens (including phenoxy) is 1. The van der Waals surface area contributed by atoms with Crippen molar-refractivity contribution in [2.24, 2.45) is 0 Å². The Morgan fingerprint density at radius 1 is 1.60 bits per heavy atom. The fourth-order valence-electron chi connectivity index (χ4n) is 1.25. The first-order valence-corrected chi connectivity index (χ1v) is 4.86. The van der Waals surface area contributed by atoms with E-state index in [1.54, 1.807) is 20.8 Å². The maximum atomic E-state index is 11.5. The third-order valence-electron chi connectivity index (χ3n) is 2.09. The monoisotopic (exact) mass is 212 g/mol. The molecule has 2 atom stereocenters. The highest BCUT2D eigenvalue weighted by molar-refractivity contribution is 5.08. The lowest BCUT2D eigenvalue weighted by Crippen LogP contribution is -2.22. The Bertz CT molecular complexity index is 375. The van der Waals surface area contributed by atoms with Gasteiger partial charge >= 0.3 is 0 Å². The zero-order valence-electron chi connectivity index (χ0n) is 9.15. The number of aliphatic hydroxyl groups is 1. The number of aryl methyl sites for hydroxylation is 1. The van der Waals surface area contributed by atoms with E-state index in [2.05, 4.69) is 9.97 Å². The number of aliphatic hydroxyl groups excluding tert-OH is 1. The summed E-state index contributed by atoms with van der Waals surface area (Å²) in [5.41, 5.74) is 0.279. The molecule has 84 valence electrons. The van der Waals surface area contributed by atoms with Gasteiger partial charge in [-0.1, -0.05) is 0 Å². The predicted octanol–water partition coefficient (Wildman–Crippen LogP) is 0.537. The smallest absolute Gasteiger partial charge is 0.256 e. The highest BCUT2D eigenvalue weighted by Gasteiger charge is 2.13. The van der Waals surface area contributed by atoms with Gasteiger partial charge < -0.3 is 14.8 Å². The molecule has 0 amide bonds. The van der Waals surface area contributed by atoms with Crippen molar-refractivity contribution in [3.63, 3.8) is 0 Å². The van der Waals surface area contributed by atoms with E-state index >= 15 is 0 Å². The molecule has 5 heteroatoms. The SMILES string of the molecule is Cc1ncc(C(C)OC(C)CO)c(=O)[nH]1. The molecule has 15 heavy (non-hydrogen) atoms. The van der Waals surface area contributed by atoms with E-state index in [4.69, 9.17) is 9.84 Å². The normalized spacial score (nSPS) is 14.9. The first-order valence-electron chi connectivity index (χ1n) is 4.86. The second kappa shape index (κ2) is 5.04. The molecule has 0 aromatic carbocycles. The van der Waals surface area contributed by atoms with E-state index < -0.39 is 0 Å². The zero-order valence-corrected chi connectivity index (χ0v) is 9.15. The van der Waals surface area contributed by atoms with Gasteiger partial charge in [-0.25, -0.2) is 4.98 Å². The first-order chi connectivity index (χ1) is 7.04. The topological polar surface area (TPSA) is 75.2 Å². The third kappa shape index (κ3) is 3.14. The Labute approximate surface area is 88.1 Å². The maximum absolute atomic E-state index is 11.5. The van der Waals surface area contributed by atoms with Gasteiger partial charge in [0.15, 0.2) is 0 Å². The zero-order chi connectivity index (χ0) is 11.4. The molecule has 0 aliphatic carbocycles. The summed E-state index contributed by atoms with van der Waals surface area (Å²) in [6.45, 7) is 5.15. The van der Waals surface area contributed by atoms with Gasteiger partial charge in [0.25, 0.3) is 5.56 Å². The summed E-state index contributed by atoms with van der Waals surface area (Å²) in [5.74, 6) is 0.575. The van der Waals surface area contributed by atoms with Crippen LogP contribution in [0, 0.1) is 6.92 Å². The van der Waals surface area contributed by atoms with Crippen LogP contribution in [0.4, 0.5) is 0 Å². The Kier molecular flexibility index (Phi) is 3.99. The van der Waals surface area contributed by atoms with Crippen molar-refractivity contribution in [3.8, 4) is 0 Å². The van der Waals surface area contributed by atoms with Gasteiger partial charge in [-0.2, -0.15) is 0 Å². The van der Waals surface area contributed by atoms with Gasteiger partial charge in [-0.15, -0.1) is 0 Å². The Morgan fingerprint density at radius 3 is 2.80 bits per heavy atom. The van der Waals surface area contributed by atoms with Crippen LogP contribution in [0.25, 0.3) is 0 Å². The number of nitrogens with one attached hydrogen (secondary N) is 1. The molecule has 0 aliphatic rings. The molecule has 0 aliphatic heterocycles. The number of hydrogen-bond donors (Lipinski definition) is 2. The van der Waals surface area contributed by atoms with Crippen molar-refractivity contribution < 1.29 is 9.84 Å². The van der Waals surface area contributed by atoms with Crippen molar-refractivity contribution in [1.29, 1.82) is 0 Å². The van der Waals surface area contributed by atoms with Crippen LogP contribution in [0.3, 0.4) is 0 Å². The molecule has 2 unspecified atom stereocenters. The predicted molar refractivity (Wildman–Crippen MR) is 55.6 cm³/mol. The number of nitrogens with zero attached hydrogens (tertiary/aromatic N) is 1. The molecule has 5 nitrogen and oxygen atoms in total. The van der Waals surface area contributed by atoms with Gasteiger partial charge in [0.2, 0.25) is 0 Å². The summed E-state index contributed by atoms with van der Waals surface area (Å²) in [7, 11) is 0. The van der Waals surface area contributed by atoms with E-state index in [0.717, 1.165) is 0 Å². The number of H-pyrrole nitrogens is 1. The minimum absolute atomic E-state index is 0.0679. The average molecular weight is 212 g/mol. The van der Waals surface area contributed by atoms with Crippen LogP contribution < -0.4 is 5.56 Å². The van der Waals surface area contributed by atoms with E-state index in [1.807, 2.05) is 0 Å². The van der Waals surface area contributed by atoms with E-state index in [1.165, 1.54) is 6.20 Å². The van der Waals surface area contributed by atoms with Crippen molar-refractivity contribution in [3.05, 3.63) is 27.9 Å². The van der Waals surface area contributed by atoms with Gasteiger partial charge in [0.1, 0.15) is 5.82 Å². The van der Waals surface area contributed by atoms with E-state index in [9.17, 15) is 4.79 Å². The van der Waals surface area contributed by atoms with Gasteiger partial charge in [-0.3, -0.25) is 4.79 Å². The third-order valence-corrected chi connectivity index (χ3v) is 2.09. The molecule has 2 N–H and O–H groups in total. The van der Waals surface area contributed by atoms with Crippen molar-refractivity contribution in [1.82, 2.24) is 9.97 Å². The van der Waals surface area contributed by atoms with Crippen LogP contribution in [0.15, 0.2) is 11.0 Å². The molecular weight excluding hydrogens is 196 g/mol. The number of aromatic amines is 1. The lowest BCUT2D eigenvalue weighted by molar-refractivity contribution is -0.0226. The molecule has 0 fully saturated rings. The highest BCUT2D eigenvalue weighted by Crippen LogP contribution is 2.13. The summed E-state index contributed by atoms with van der Waals surface area (Å²) in [6, 6.07) is 0. The van der Waals surface area contributed by atoms with E-state index in [-0.39, 0.29) is 24.4 Å². The molecule has 0 spiro atoms. The first kappa shape index (κ1) is 11.9. The summed E-state index contributed by atoms with van der Waals surface area (Å²) >= 11 is 0. The summed E-state index contributed by atoms with van der Waals surface area (Å²) in [6.07, 6.45) is 0.841. The number of rotatable bonds is 4. The standard InChI is InChI=1S/C10H16N2O3/c1-6(5-13)15-7(2)9-4-11-8(3)12-10(9)14/h4,6-7,13H,5H2,1-3H3,(H,11,12,14). The van der Waals surface area contributed by atoms with Crippen LogP contribution in [0.5, 0.6) is 0 Å². The molecule has 1 aromatic rings. The molecule has 1 heterocycles. The molecule has 1 rings (SSSR count). The second-order valence-electron chi connectivity index (χ2n) is 3.52. The fraction of sp³-hybridized carbons (Fsp3) is 0.600. The number of hydrogen-bond acceptors (Lipinski definition) is 4. The molecular formula is C10H16N2O3. The van der Waals surface area contributed by atoms with Gasteiger partial charge in [-0.05, 0) is 20.8 Å². The van der Waals surface area contributed by atoms with Crippen molar-refractivity contribution in [2.75, 3.05) is 6.61 Å². The van der Waals surface area contributed by atoms with Crippen LogP contribution in [-0.4, -0.2) is 27.8 Å². The summed E-state index contributed by atoms with van der Waals surface area (Å²) in [5, 5.41) is 8.82. The summed E-state index contributed by atoms with van der Waals surface area (Å²) < 4.78 is 5.40. The largest absolute Gasteiger partial charge is 0.394 e. The van der Waals surface area contributed by atoms with Crippen molar-refractivity contribution in [2.45, 2.75) is 33.0 Å². The minimum Gasteiger partial charge on any atom is -0.394 e. The Morgan fingerprint density at radius 2 is 2.27 bits per heavy atom. The molecule has 1 aromatic heterocycles. The quantitative estimate of drug-likeness (QED) is 0.763. The lowest BCUT2D eigenvalue weighted by atomic mass is 10.2. The van der Waals surface area contributed by atoms with Gasteiger partial charge in [0.05, 0.1) is 24.4 Å². The van der Waals surface area contributed by atoms with E-state index in [0.29, 0.717) is 11.4 Å². The van der Waals surface area contributed by atoms with Gasteiger partial charge in [0, 0.05) is 6.20 Å². The average Bonchev–Trinajstić information content (AvgIpc) is 2.17. The molecule has 0 bridgehead atoms. The second-order valence-corrected chi connectivity index (χ2v) is 3.52. The van der Waals surface area contributed by atoms with Crippen LogP contribution in [0.2, 0.25) is 0 Å². The van der Waals surface area contributed by atoms with Crippen LogP contribution >= 0.6 is 0 Å². The molecule has 0 saturated carbocycles. The molecule has 0 saturated heterocycles. The highest BCUT2D eigenvalue weighted by atomic mass is 16.5. The summed E-state index contributed by atoms with van der Waals surface area (Å²) in [4.78, 5) is 18.1. The van der Waals surface area contributed by atoms with Crippen LogP contribution in [-0.2, 0) is 4.74 Å².